The SMILES string of the molecule is CN(C)c1ccnc(N2CCN(c3ncccc3C(F)(F)F)CC2)n1. The molecule has 25 heavy (non-hydrogen) atoms. The summed E-state index contributed by atoms with van der Waals surface area (Å²) >= 11 is 0. The van der Waals surface area contributed by atoms with Crippen molar-refractivity contribution in [1.29, 1.82) is 0 Å². The van der Waals surface area contributed by atoms with Crippen molar-refractivity contribution in [3.8, 4) is 0 Å². The maximum atomic E-state index is 13.2. The summed E-state index contributed by atoms with van der Waals surface area (Å²) < 4.78 is 39.5. The summed E-state index contributed by atoms with van der Waals surface area (Å²) in [5.74, 6) is 1.36. The standard InChI is InChI=1S/C16H19F3N6/c1-23(2)13-5-7-21-15(22-13)25-10-8-24(9-11-25)14-12(16(17,18)19)4-3-6-20-14/h3-7H,8-11H2,1-2H3. The van der Waals surface area contributed by atoms with Gasteiger partial charge in [0.1, 0.15) is 11.6 Å². The van der Waals surface area contributed by atoms with Crippen molar-refractivity contribution in [2.45, 2.75) is 6.18 Å². The van der Waals surface area contributed by atoms with E-state index in [1.165, 1.54) is 12.3 Å². The minimum atomic E-state index is -4.41. The van der Waals surface area contributed by atoms with Crippen LogP contribution in [0.3, 0.4) is 0 Å². The van der Waals surface area contributed by atoms with E-state index in [2.05, 4.69) is 15.0 Å². The third-order valence-corrected chi connectivity index (χ3v) is 4.04. The molecule has 0 atom stereocenters. The molecule has 0 aliphatic carbocycles. The highest BCUT2D eigenvalue weighted by Crippen LogP contribution is 2.35. The minimum Gasteiger partial charge on any atom is -0.363 e. The molecule has 0 saturated carbocycles. The Morgan fingerprint density at radius 3 is 2.28 bits per heavy atom. The molecule has 1 fully saturated rings. The van der Waals surface area contributed by atoms with E-state index in [4.69, 9.17) is 0 Å². The fourth-order valence-corrected chi connectivity index (χ4v) is 2.73. The Hall–Kier alpha value is -2.58. The highest BCUT2D eigenvalue weighted by atomic mass is 19.4. The van der Waals surface area contributed by atoms with E-state index in [1.54, 1.807) is 11.1 Å². The van der Waals surface area contributed by atoms with Gasteiger partial charge in [0.15, 0.2) is 0 Å². The molecule has 9 heteroatoms. The predicted molar refractivity (Wildman–Crippen MR) is 90.0 cm³/mol. The summed E-state index contributed by atoms with van der Waals surface area (Å²) in [5, 5.41) is 0. The van der Waals surface area contributed by atoms with E-state index in [-0.39, 0.29) is 5.82 Å². The Labute approximate surface area is 143 Å². The van der Waals surface area contributed by atoms with Gasteiger partial charge in [0.05, 0.1) is 5.56 Å². The molecule has 134 valence electrons. The number of rotatable bonds is 3. The van der Waals surface area contributed by atoms with Crippen LogP contribution in [-0.4, -0.2) is 55.2 Å². The molecule has 3 rings (SSSR count). The molecular formula is C16H19F3N6. The zero-order chi connectivity index (χ0) is 18.0. The first-order valence-electron chi connectivity index (χ1n) is 7.89. The Kier molecular flexibility index (Phi) is 4.65. The molecule has 1 saturated heterocycles. The molecule has 0 bridgehead atoms. The molecule has 1 aliphatic rings. The Balaban J connectivity index is 1.74. The number of hydrogen-bond acceptors (Lipinski definition) is 6. The van der Waals surface area contributed by atoms with Crippen molar-refractivity contribution in [2.75, 3.05) is 55.0 Å². The highest BCUT2D eigenvalue weighted by molar-refractivity contribution is 5.50. The van der Waals surface area contributed by atoms with Crippen molar-refractivity contribution in [3.05, 3.63) is 36.2 Å². The van der Waals surface area contributed by atoms with Crippen LogP contribution in [0.25, 0.3) is 0 Å². The lowest BCUT2D eigenvalue weighted by atomic mass is 10.2. The van der Waals surface area contributed by atoms with Crippen LogP contribution in [0.4, 0.5) is 30.8 Å². The van der Waals surface area contributed by atoms with Crippen LogP contribution >= 0.6 is 0 Å². The van der Waals surface area contributed by atoms with Gasteiger partial charge in [-0.2, -0.15) is 18.2 Å². The van der Waals surface area contributed by atoms with Crippen LogP contribution in [0.1, 0.15) is 5.56 Å². The van der Waals surface area contributed by atoms with Crippen LogP contribution in [0, 0.1) is 0 Å². The molecule has 0 spiro atoms. The van der Waals surface area contributed by atoms with Crippen molar-refractivity contribution in [1.82, 2.24) is 15.0 Å². The van der Waals surface area contributed by atoms with Crippen molar-refractivity contribution >= 4 is 17.6 Å². The van der Waals surface area contributed by atoms with Gasteiger partial charge in [-0.25, -0.2) is 9.97 Å². The molecule has 0 amide bonds. The quantitative estimate of drug-likeness (QED) is 0.845. The molecule has 0 aromatic carbocycles. The van der Waals surface area contributed by atoms with Crippen molar-refractivity contribution < 1.29 is 13.2 Å². The first kappa shape index (κ1) is 17.2. The fraction of sp³-hybridized carbons (Fsp3) is 0.438. The predicted octanol–water partition coefficient (Wildman–Crippen LogP) is 2.28. The third kappa shape index (κ3) is 3.75. The highest BCUT2D eigenvalue weighted by Gasteiger charge is 2.36. The Morgan fingerprint density at radius 2 is 1.64 bits per heavy atom. The van der Waals surface area contributed by atoms with Crippen LogP contribution in [0.5, 0.6) is 0 Å². The van der Waals surface area contributed by atoms with Crippen LogP contribution in [0.15, 0.2) is 30.6 Å². The van der Waals surface area contributed by atoms with E-state index >= 15 is 0 Å². The summed E-state index contributed by atoms with van der Waals surface area (Å²) in [5.41, 5.74) is -0.700. The summed E-state index contributed by atoms with van der Waals surface area (Å²) in [4.78, 5) is 18.2. The number of anilines is 3. The van der Waals surface area contributed by atoms with Gasteiger partial charge < -0.3 is 14.7 Å². The van der Waals surface area contributed by atoms with E-state index in [9.17, 15) is 13.2 Å². The zero-order valence-corrected chi connectivity index (χ0v) is 14.0. The smallest absolute Gasteiger partial charge is 0.363 e. The van der Waals surface area contributed by atoms with E-state index in [1.807, 2.05) is 30.0 Å². The van der Waals surface area contributed by atoms with Gasteiger partial charge in [0.2, 0.25) is 5.95 Å². The molecule has 6 nitrogen and oxygen atoms in total. The topological polar surface area (TPSA) is 48.4 Å². The molecule has 3 heterocycles. The minimum absolute atomic E-state index is 0.0161. The number of pyridine rings is 1. The van der Waals surface area contributed by atoms with Gasteiger partial charge in [0, 0.05) is 52.7 Å². The number of halogens is 3. The van der Waals surface area contributed by atoms with Gasteiger partial charge in [-0.1, -0.05) is 0 Å². The molecular weight excluding hydrogens is 333 g/mol. The number of nitrogens with zero attached hydrogens (tertiary/aromatic N) is 6. The average molecular weight is 352 g/mol. The van der Waals surface area contributed by atoms with Crippen LogP contribution < -0.4 is 14.7 Å². The van der Waals surface area contributed by atoms with Gasteiger partial charge in [-0.05, 0) is 18.2 Å². The zero-order valence-electron chi connectivity index (χ0n) is 14.0. The van der Waals surface area contributed by atoms with Gasteiger partial charge >= 0.3 is 6.18 Å². The number of aromatic nitrogens is 3. The molecule has 0 radical (unpaired) electrons. The second kappa shape index (κ2) is 6.73. The second-order valence-electron chi connectivity index (χ2n) is 5.96. The van der Waals surface area contributed by atoms with Crippen molar-refractivity contribution in [2.24, 2.45) is 0 Å². The second-order valence-corrected chi connectivity index (χ2v) is 5.96. The summed E-state index contributed by atoms with van der Waals surface area (Å²) in [7, 11) is 3.79. The number of alkyl halides is 3. The first-order valence-corrected chi connectivity index (χ1v) is 7.89. The average Bonchev–Trinajstić information content (AvgIpc) is 2.61. The lowest BCUT2D eigenvalue weighted by Gasteiger charge is -2.36. The van der Waals surface area contributed by atoms with E-state index < -0.39 is 11.7 Å². The van der Waals surface area contributed by atoms with E-state index in [0.29, 0.717) is 32.1 Å². The Bertz CT molecular complexity index is 726. The summed E-state index contributed by atoms with van der Waals surface area (Å²) in [6.07, 6.45) is -1.34. The maximum absolute atomic E-state index is 13.2. The largest absolute Gasteiger partial charge is 0.419 e. The molecule has 1 aliphatic heterocycles. The van der Waals surface area contributed by atoms with Crippen LogP contribution in [0.2, 0.25) is 0 Å². The van der Waals surface area contributed by atoms with Gasteiger partial charge in [-0.3, -0.25) is 0 Å². The lowest BCUT2D eigenvalue weighted by molar-refractivity contribution is -0.137. The van der Waals surface area contributed by atoms with Crippen molar-refractivity contribution in [3.63, 3.8) is 0 Å². The normalized spacial score (nSPS) is 15.4. The molecule has 0 N–H and O–H groups in total. The first-order chi connectivity index (χ1) is 11.9. The summed E-state index contributed by atoms with van der Waals surface area (Å²) in [6, 6.07) is 4.19. The third-order valence-electron chi connectivity index (χ3n) is 4.04. The van der Waals surface area contributed by atoms with Gasteiger partial charge in [-0.15, -0.1) is 0 Å². The fourth-order valence-electron chi connectivity index (χ4n) is 2.73. The van der Waals surface area contributed by atoms with E-state index in [0.717, 1.165) is 11.9 Å². The summed E-state index contributed by atoms with van der Waals surface area (Å²) in [6.45, 7) is 1.92. The number of piperazine rings is 1. The monoisotopic (exact) mass is 352 g/mol. The molecule has 2 aromatic heterocycles. The molecule has 2 aromatic rings. The lowest BCUT2D eigenvalue weighted by Crippen LogP contribution is -2.48. The van der Waals surface area contributed by atoms with Crippen LogP contribution in [-0.2, 0) is 6.18 Å². The maximum Gasteiger partial charge on any atom is 0.419 e. The number of hydrogen-bond donors (Lipinski definition) is 0. The van der Waals surface area contributed by atoms with Gasteiger partial charge in [0.25, 0.3) is 0 Å². The Morgan fingerprint density at radius 1 is 0.960 bits per heavy atom. The molecule has 0 unspecified atom stereocenters.